The van der Waals surface area contributed by atoms with Gasteiger partial charge in [0.05, 0.1) is 6.04 Å². The van der Waals surface area contributed by atoms with Gasteiger partial charge in [0.1, 0.15) is 6.61 Å². The van der Waals surface area contributed by atoms with Crippen LogP contribution in [-0.4, -0.2) is 18.5 Å². The van der Waals surface area contributed by atoms with Gasteiger partial charge in [0.25, 0.3) is 0 Å². The molecule has 0 radical (unpaired) electrons. The molecule has 1 aliphatic rings. The molecule has 0 aromatic carbocycles. The van der Waals surface area contributed by atoms with Crippen molar-refractivity contribution in [1.82, 2.24) is 0 Å². The molecular formula is C10H19NO. The molecule has 0 N–H and O–H groups in total. The summed E-state index contributed by atoms with van der Waals surface area (Å²) in [7, 11) is 0. The Bertz CT molecular complexity index is 154. The molecule has 1 rings (SSSR count). The fourth-order valence-electron chi connectivity index (χ4n) is 1.50. The zero-order valence-electron chi connectivity index (χ0n) is 8.18. The van der Waals surface area contributed by atoms with Crippen molar-refractivity contribution in [3.63, 3.8) is 0 Å². The highest BCUT2D eigenvalue weighted by atomic mass is 16.5. The molecule has 0 saturated carbocycles. The summed E-state index contributed by atoms with van der Waals surface area (Å²) < 4.78 is 5.27. The molecule has 0 saturated heterocycles. The summed E-state index contributed by atoms with van der Waals surface area (Å²) in [6.45, 7) is 4.99. The molecule has 2 nitrogen and oxygen atoms in total. The van der Waals surface area contributed by atoms with Crippen molar-refractivity contribution in [3.8, 4) is 0 Å². The van der Waals surface area contributed by atoms with Crippen LogP contribution in [0.4, 0.5) is 0 Å². The summed E-state index contributed by atoms with van der Waals surface area (Å²) >= 11 is 0. The fraction of sp³-hybridized carbons (Fsp3) is 0.900. The van der Waals surface area contributed by atoms with E-state index in [1.807, 2.05) is 6.92 Å². The van der Waals surface area contributed by atoms with Crippen molar-refractivity contribution in [3.05, 3.63) is 0 Å². The summed E-state index contributed by atoms with van der Waals surface area (Å²) in [6, 6.07) is 0.460. The number of ether oxygens (including phenoxy) is 1. The Morgan fingerprint density at radius 1 is 1.42 bits per heavy atom. The van der Waals surface area contributed by atoms with E-state index in [1.165, 1.54) is 32.1 Å². The number of aliphatic imine (C=N–C) groups is 1. The quantitative estimate of drug-likeness (QED) is 0.580. The number of rotatable bonds is 5. The summed E-state index contributed by atoms with van der Waals surface area (Å²) in [4.78, 5) is 4.38. The van der Waals surface area contributed by atoms with Crippen LogP contribution >= 0.6 is 0 Å². The lowest BCUT2D eigenvalue weighted by atomic mass is 10.1. The minimum absolute atomic E-state index is 0.460. The Labute approximate surface area is 75.0 Å². The van der Waals surface area contributed by atoms with E-state index in [4.69, 9.17) is 4.74 Å². The van der Waals surface area contributed by atoms with Crippen molar-refractivity contribution < 1.29 is 4.74 Å². The summed E-state index contributed by atoms with van der Waals surface area (Å²) in [5, 5.41) is 0. The lowest BCUT2D eigenvalue weighted by Gasteiger charge is -2.03. The maximum Gasteiger partial charge on any atom is 0.180 e. The number of unbranched alkanes of at least 4 members (excludes halogenated alkanes) is 3. The van der Waals surface area contributed by atoms with Gasteiger partial charge in [-0.3, -0.25) is 0 Å². The second-order valence-corrected chi connectivity index (χ2v) is 3.46. The van der Waals surface area contributed by atoms with E-state index in [9.17, 15) is 0 Å². The van der Waals surface area contributed by atoms with Crippen LogP contribution in [0, 0.1) is 0 Å². The molecule has 0 aromatic rings. The van der Waals surface area contributed by atoms with E-state index < -0.39 is 0 Å². The van der Waals surface area contributed by atoms with Gasteiger partial charge in [-0.1, -0.05) is 32.6 Å². The molecule has 0 amide bonds. The fourth-order valence-corrected chi connectivity index (χ4v) is 1.50. The molecule has 0 aromatic heterocycles. The standard InChI is InChI=1S/C10H19NO/c1-3-4-5-6-7-10-8-12-9(2)11-10/h10H,3-8H2,1-2H3/t10-/m1/s1. The van der Waals surface area contributed by atoms with Gasteiger partial charge in [-0.2, -0.15) is 0 Å². The lowest BCUT2D eigenvalue weighted by molar-refractivity contribution is 0.307. The molecule has 2 heteroatoms. The molecule has 12 heavy (non-hydrogen) atoms. The first-order valence-corrected chi connectivity index (χ1v) is 5.00. The maximum absolute atomic E-state index is 5.27. The lowest BCUT2D eigenvalue weighted by Crippen LogP contribution is -2.05. The van der Waals surface area contributed by atoms with Gasteiger partial charge < -0.3 is 4.74 Å². The van der Waals surface area contributed by atoms with Gasteiger partial charge in [0.2, 0.25) is 0 Å². The highest BCUT2D eigenvalue weighted by Crippen LogP contribution is 2.12. The van der Waals surface area contributed by atoms with Crippen molar-refractivity contribution in [2.45, 2.75) is 52.0 Å². The first-order chi connectivity index (χ1) is 5.83. The van der Waals surface area contributed by atoms with Crippen LogP contribution in [0.1, 0.15) is 46.0 Å². The average molecular weight is 169 g/mol. The Morgan fingerprint density at radius 2 is 2.25 bits per heavy atom. The highest BCUT2D eigenvalue weighted by molar-refractivity contribution is 5.74. The molecule has 1 atom stereocenters. The Kier molecular flexibility index (Phi) is 4.12. The van der Waals surface area contributed by atoms with Gasteiger partial charge >= 0.3 is 0 Å². The van der Waals surface area contributed by atoms with Crippen LogP contribution in [0.2, 0.25) is 0 Å². The average Bonchev–Trinajstić information content (AvgIpc) is 2.45. The van der Waals surface area contributed by atoms with E-state index in [0.717, 1.165) is 12.5 Å². The van der Waals surface area contributed by atoms with Gasteiger partial charge in [-0.05, 0) is 6.42 Å². The SMILES string of the molecule is CCCCCC[C@@H]1COC(C)=N1. The highest BCUT2D eigenvalue weighted by Gasteiger charge is 2.14. The van der Waals surface area contributed by atoms with Crippen molar-refractivity contribution in [1.29, 1.82) is 0 Å². The summed E-state index contributed by atoms with van der Waals surface area (Å²) in [6.07, 6.45) is 6.53. The summed E-state index contributed by atoms with van der Waals surface area (Å²) in [5.41, 5.74) is 0. The van der Waals surface area contributed by atoms with E-state index in [-0.39, 0.29) is 0 Å². The van der Waals surface area contributed by atoms with Gasteiger partial charge in [-0.15, -0.1) is 0 Å². The molecule has 0 fully saturated rings. The molecular weight excluding hydrogens is 150 g/mol. The normalized spacial score (nSPS) is 22.2. The predicted octanol–water partition coefficient (Wildman–Crippen LogP) is 2.77. The first-order valence-electron chi connectivity index (χ1n) is 5.00. The zero-order valence-corrected chi connectivity index (χ0v) is 8.18. The number of nitrogens with zero attached hydrogens (tertiary/aromatic N) is 1. The third kappa shape index (κ3) is 3.24. The van der Waals surface area contributed by atoms with Gasteiger partial charge in [-0.25, -0.2) is 4.99 Å². The molecule has 0 aliphatic carbocycles. The summed E-state index contributed by atoms with van der Waals surface area (Å²) in [5.74, 6) is 0.871. The van der Waals surface area contributed by atoms with Crippen LogP contribution in [0.25, 0.3) is 0 Å². The van der Waals surface area contributed by atoms with Crippen molar-refractivity contribution in [2.75, 3.05) is 6.61 Å². The second kappa shape index (κ2) is 5.18. The molecule has 0 spiro atoms. The zero-order chi connectivity index (χ0) is 8.81. The molecule has 1 aliphatic heterocycles. The minimum Gasteiger partial charge on any atom is -0.479 e. The third-order valence-electron chi connectivity index (χ3n) is 2.24. The number of hydrogen-bond acceptors (Lipinski definition) is 2. The largest absolute Gasteiger partial charge is 0.479 e. The monoisotopic (exact) mass is 169 g/mol. The maximum atomic E-state index is 5.27. The Morgan fingerprint density at radius 3 is 2.83 bits per heavy atom. The van der Waals surface area contributed by atoms with Crippen LogP contribution in [-0.2, 0) is 4.74 Å². The molecule has 70 valence electrons. The predicted molar refractivity (Wildman–Crippen MR) is 51.6 cm³/mol. The molecule has 0 bridgehead atoms. The van der Waals surface area contributed by atoms with Crippen LogP contribution in [0.15, 0.2) is 4.99 Å². The van der Waals surface area contributed by atoms with E-state index in [1.54, 1.807) is 0 Å². The topological polar surface area (TPSA) is 21.6 Å². The molecule has 0 unspecified atom stereocenters. The van der Waals surface area contributed by atoms with Crippen LogP contribution < -0.4 is 0 Å². The first kappa shape index (κ1) is 9.56. The van der Waals surface area contributed by atoms with Gasteiger partial charge in [0.15, 0.2) is 5.90 Å². The smallest absolute Gasteiger partial charge is 0.180 e. The van der Waals surface area contributed by atoms with Crippen molar-refractivity contribution in [2.24, 2.45) is 4.99 Å². The number of hydrogen-bond donors (Lipinski definition) is 0. The van der Waals surface area contributed by atoms with Crippen LogP contribution in [0.3, 0.4) is 0 Å². The third-order valence-corrected chi connectivity index (χ3v) is 2.24. The van der Waals surface area contributed by atoms with Gasteiger partial charge in [0, 0.05) is 6.92 Å². The molecule has 1 heterocycles. The second-order valence-electron chi connectivity index (χ2n) is 3.46. The van der Waals surface area contributed by atoms with E-state index >= 15 is 0 Å². The van der Waals surface area contributed by atoms with E-state index in [0.29, 0.717) is 6.04 Å². The Balaban J connectivity index is 2.01. The van der Waals surface area contributed by atoms with E-state index in [2.05, 4.69) is 11.9 Å². The van der Waals surface area contributed by atoms with Crippen molar-refractivity contribution >= 4 is 5.90 Å². The minimum atomic E-state index is 0.460. The Hall–Kier alpha value is -0.530. The van der Waals surface area contributed by atoms with Crippen LogP contribution in [0.5, 0.6) is 0 Å².